The van der Waals surface area contributed by atoms with Crippen molar-refractivity contribution in [3.63, 3.8) is 0 Å². The van der Waals surface area contributed by atoms with Crippen molar-refractivity contribution in [2.24, 2.45) is 0 Å². The van der Waals surface area contributed by atoms with Crippen LogP contribution in [0.25, 0.3) is 11.3 Å². The third kappa shape index (κ3) is 2.80. The van der Waals surface area contributed by atoms with E-state index in [0.717, 1.165) is 25.6 Å². The summed E-state index contributed by atoms with van der Waals surface area (Å²) >= 11 is 10.5. The summed E-state index contributed by atoms with van der Waals surface area (Å²) in [6.45, 7) is 2.68. The fourth-order valence-corrected chi connectivity index (χ4v) is 4.11. The predicted molar refractivity (Wildman–Crippen MR) is 89.0 cm³/mol. The average molecular weight is 343 g/mol. The fourth-order valence-electron chi connectivity index (χ4n) is 1.76. The van der Waals surface area contributed by atoms with Crippen LogP contribution >= 0.6 is 45.8 Å². The Morgan fingerprint density at radius 2 is 2.25 bits per heavy atom. The van der Waals surface area contributed by atoms with Gasteiger partial charge >= 0.3 is 0 Å². The lowest BCUT2D eigenvalue weighted by Gasteiger charge is -2.04. The zero-order chi connectivity index (χ0) is 14.1. The zero-order valence-electron chi connectivity index (χ0n) is 10.5. The molecule has 0 spiro atoms. The number of anilines is 2. The maximum absolute atomic E-state index is 5.96. The van der Waals surface area contributed by atoms with Gasteiger partial charge in [-0.05, 0) is 30.6 Å². The van der Waals surface area contributed by atoms with Gasteiger partial charge in [0, 0.05) is 10.3 Å². The first-order valence-corrected chi connectivity index (χ1v) is 8.64. The van der Waals surface area contributed by atoms with Gasteiger partial charge in [0.05, 0.1) is 27.1 Å². The van der Waals surface area contributed by atoms with Crippen molar-refractivity contribution in [1.82, 2.24) is 9.36 Å². The van der Waals surface area contributed by atoms with E-state index in [-0.39, 0.29) is 0 Å². The van der Waals surface area contributed by atoms with E-state index in [1.54, 1.807) is 22.7 Å². The van der Waals surface area contributed by atoms with E-state index in [9.17, 15) is 0 Å². The first-order chi connectivity index (χ1) is 9.63. The van der Waals surface area contributed by atoms with Gasteiger partial charge in [0.25, 0.3) is 0 Å². The van der Waals surface area contributed by atoms with E-state index in [0.29, 0.717) is 12.4 Å². The Kier molecular flexibility index (Phi) is 3.93. The summed E-state index contributed by atoms with van der Waals surface area (Å²) in [4.78, 5) is 5.65. The topological polar surface area (TPSA) is 63.8 Å². The number of hydrogen-bond donors (Lipinski definition) is 2. The number of nitrogens with one attached hydrogen (secondary N) is 1. The molecule has 0 aliphatic carbocycles. The standard InChI is InChI=1S/C12H11ClN4S3/c1-6-16-8(5-18-6)10-11(14)17-20-12(10)15-4-7-2-3-9(13)19-7/h2-3,5,15H,4H2,1H3,(H2,14,17). The van der Waals surface area contributed by atoms with E-state index in [1.165, 1.54) is 16.4 Å². The molecule has 8 heteroatoms. The molecule has 0 fully saturated rings. The number of nitrogen functional groups attached to an aromatic ring is 1. The van der Waals surface area contributed by atoms with Gasteiger partial charge < -0.3 is 11.1 Å². The summed E-state index contributed by atoms with van der Waals surface area (Å²) in [7, 11) is 0. The molecular weight excluding hydrogens is 332 g/mol. The molecule has 3 aromatic heterocycles. The number of nitrogens with zero attached hydrogens (tertiary/aromatic N) is 2. The van der Waals surface area contributed by atoms with Gasteiger partial charge in [0.1, 0.15) is 10.8 Å². The van der Waals surface area contributed by atoms with Gasteiger partial charge in [-0.2, -0.15) is 4.37 Å². The fraction of sp³-hybridized carbons (Fsp3) is 0.167. The lowest BCUT2D eigenvalue weighted by molar-refractivity contribution is 1.21. The van der Waals surface area contributed by atoms with Gasteiger partial charge in [-0.15, -0.1) is 22.7 Å². The highest BCUT2D eigenvalue weighted by Crippen LogP contribution is 2.37. The number of nitrogens with two attached hydrogens (primary N) is 1. The van der Waals surface area contributed by atoms with Crippen molar-refractivity contribution in [3.05, 3.63) is 31.7 Å². The van der Waals surface area contributed by atoms with Gasteiger partial charge in [-0.25, -0.2) is 4.98 Å². The van der Waals surface area contributed by atoms with Crippen molar-refractivity contribution in [3.8, 4) is 11.3 Å². The first kappa shape index (κ1) is 13.8. The van der Waals surface area contributed by atoms with Crippen molar-refractivity contribution in [2.45, 2.75) is 13.5 Å². The maximum Gasteiger partial charge on any atom is 0.148 e. The number of halogens is 1. The summed E-state index contributed by atoms with van der Waals surface area (Å²) in [6, 6.07) is 3.91. The lowest BCUT2D eigenvalue weighted by Crippen LogP contribution is -1.97. The summed E-state index contributed by atoms with van der Waals surface area (Å²) in [5.41, 5.74) is 7.73. The number of hydrogen-bond acceptors (Lipinski definition) is 7. The molecule has 0 aliphatic heterocycles. The molecular formula is C12H11ClN4S3. The molecule has 20 heavy (non-hydrogen) atoms. The molecule has 3 N–H and O–H groups in total. The number of aryl methyl sites for hydroxylation is 1. The second kappa shape index (κ2) is 5.69. The molecule has 3 rings (SSSR count). The van der Waals surface area contributed by atoms with Crippen LogP contribution in [-0.4, -0.2) is 9.36 Å². The number of aromatic nitrogens is 2. The van der Waals surface area contributed by atoms with E-state index in [1.807, 2.05) is 24.4 Å². The summed E-state index contributed by atoms with van der Waals surface area (Å²) in [5.74, 6) is 0.520. The van der Waals surface area contributed by atoms with Gasteiger partial charge in [-0.1, -0.05) is 11.6 Å². The van der Waals surface area contributed by atoms with Crippen LogP contribution in [0.5, 0.6) is 0 Å². The SMILES string of the molecule is Cc1nc(-c2c(N)nsc2NCc2ccc(Cl)s2)cs1. The highest BCUT2D eigenvalue weighted by atomic mass is 35.5. The predicted octanol–water partition coefficient (Wildman–Crippen LogP) is 4.48. The minimum Gasteiger partial charge on any atom is -0.382 e. The van der Waals surface area contributed by atoms with Gasteiger partial charge in [0.2, 0.25) is 0 Å². The molecule has 0 radical (unpaired) electrons. The molecule has 0 aliphatic rings. The molecule has 0 atom stereocenters. The van der Waals surface area contributed by atoms with Gasteiger partial charge in [-0.3, -0.25) is 0 Å². The van der Waals surface area contributed by atoms with E-state index in [2.05, 4.69) is 14.7 Å². The zero-order valence-corrected chi connectivity index (χ0v) is 13.7. The Labute approximate surface area is 133 Å². The van der Waals surface area contributed by atoms with Crippen LogP contribution in [0.3, 0.4) is 0 Å². The highest BCUT2D eigenvalue weighted by Gasteiger charge is 2.16. The van der Waals surface area contributed by atoms with Crippen molar-refractivity contribution in [2.75, 3.05) is 11.1 Å². The molecule has 0 bridgehead atoms. The monoisotopic (exact) mass is 342 g/mol. The van der Waals surface area contributed by atoms with Crippen LogP contribution in [0, 0.1) is 6.92 Å². The van der Waals surface area contributed by atoms with Crippen LogP contribution in [0.4, 0.5) is 10.8 Å². The summed E-state index contributed by atoms with van der Waals surface area (Å²) in [6.07, 6.45) is 0. The second-order valence-electron chi connectivity index (χ2n) is 4.08. The van der Waals surface area contributed by atoms with Crippen LogP contribution in [0.2, 0.25) is 4.34 Å². The quantitative estimate of drug-likeness (QED) is 0.733. The maximum atomic E-state index is 5.96. The van der Waals surface area contributed by atoms with E-state index in [4.69, 9.17) is 17.3 Å². The molecule has 0 unspecified atom stereocenters. The van der Waals surface area contributed by atoms with Crippen molar-refractivity contribution in [1.29, 1.82) is 0 Å². The molecule has 3 aromatic rings. The van der Waals surface area contributed by atoms with Gasteiger partial charge in [0.15, 0.2) is 0 Å². The highest BCUT2D eigenvalue weighted by molar-refractivity contribution is 7.16. The Balaban J connectivity index is 1.83. The van der Waals surface area contributed by atoms with Crippen LogP contribution in [0.15, 0.2) is 17.5 Å². The largest absolute Gasteiger partial charge is 0.382 e. The van der Waals surface area contributed by atoms with Crippen molar-refractivity contribution < 1.29 is 0 Å². The Morgan fingerprint density at radius 1 is 1.40 bits per heavy atom. The Hall–Kier alpha value is -1.15. The molecule has 0 aromatic carbocycles. The summed E-state index contributed by atoms with van der Waals surface area (Å²) < 4.78 is 5.01. The number of thiophene rings is 1. The molecule has 0 saturated carbocycles. The summed E-state index contributed by atoms with van der Waals surface area (Å²) in [5, 5.41) is 7.32. The van der Waals surface area contributed by atoms with E-state index >= 15 is 0 Å². The Bertz CT molecular complexity index is 731. The van der Waals surface area contributed by atoms with Crippen LogP contribution in [0.1, 0.15) is 9.88 Å². The van der Waals surface area contributed by atoms with Crippen molar-refractivity contribution >= 4 is 56.6 Å². The van der Waals surface area contributed by atoms with Crippen LogP contribution in [-0.2, 0) is 6.54 Å². The third-order valence-corrected chi connectivity index (χ3v) is 5.47. The minimum absolute atomic E-state index is 0.520. The Morgan fingerprint density at radius 3 is 2.90 bits per heavy atom. The van der Waals surface area contributed by atoms with E-state index < -0.39 is 0 Å². The first-order valence-electron chi connectivity index (χ1n) is 5.79. The third-order valence-electron chi connectivity index (χ3n) is 2.65. The molecule has 104 valence electrons. The van der Waals surface area contributed by atoms with Crippen LogP contribution < -0.4 is 11.1 Å². The molecule has 3 heterocycles. The lowest BCUT2D eigenvalue weighted by atomic mass is 10.2. The molecule has 0 saturated heterocycles. The molecule has 0 amide bonds. The number of thiazole rings is 1. The molecule has 4 nitrogen and oxygen atoms in total. The minimum atomic E-state index is 0.520. The smallest absolute Gasteiger partial charge is 0.148 e. The normalized spacial score (nSPS) is 10.9. The average Bonchev–Trinajstić information content (AvgIpc) is 3.09. The number of rotatable bonds is 4. The second-order valence-corrected chi connectivity index (χ2v) is 7.72.